The van der Waals surface area contributed by atoms with Crippen molar-refractivity contribution in [3.05, 3.63) is 70.0 Å². The molecule has 0 aliphatic rings. The summed E-state index contributed by atoms with van der Waals surface area (Å²) < 4.78 is 20.4. The molecule has 0 fully saturated rings. The van der Waals surface area contributed by atoms with Crippen LogP contribution < -0.4 is 9.47 Å². The number of benzene rings is 2. The number of aromatic nitrogens is 1. The highest BCUT2D eigenvalue weighted by Crippen LogP contribution is 2.35. The zero-order chi connectivity index (χ0) is 20.1. The van der Waals surface area contributed by atoms with Gasteiger partial charge in [-0.2, -0.15) is 0 Å². The molecule has 2 aromatic carbocycles. The van der Waals surface area contributed by atoms with Crippen LogP contribution in [0.3, 0.4) is 0 Å². The van der Waals surface area contributed by atoms with Crippen molar-refractivity contribution >= 4 is 11.7 Å². The SMILES string of the molecule is COc1cc(C(=O)OCc2cc(-c3ccccc3)no2)c([N+](=O)[O-])cc1OC. The Bertz CT molecular complexity index is 999. The maximum atomic E-state index is 12.4. The van der Waals surface area contributed by atoms with E-state index >= 15 is 0 Å². The third-order valence-corrected chi connectivity index (χ3v) is 3.89. The fourth-order valence-electron chi connectivity index (χ4n) is 2.52. The highest BCUT2D eigenvalue weighted by Gasteiger charge is 2.26. The Labute approximate surface area is 159 Å². The monoisotopic (exact) mass is 384 g/mol. The van der Waals surface area contributed by atoms with Gasteiger partial charge >= 0.3 is 5.97 Å². The van der Waals surface area contributed by atoms with E-state index in [0.29, 0.717) is 11.5 Å². The molecule has 0 saturated heterocycles. The third kappa shape index (κ3) is 3.93. The Kier molecular flexibility index (Phi) is 5.54. The molecular formula is C19H16N2O7. The van der Waals surface area contributed by atoms with Gasteiger partial charge < -0.3 is 18.7 Å². The molecule has 0 atom stereocenters. The summed E-state index contributed by atoms with van der Waals surface area (Å²) in [7, 11) is 2.70. The van der Waals surface area contributed by atoms with Crippen molar-refractivity contribution in [2.75, 3.05) is 14.2 Å². The molecule has 28 heavy (non-hydrogen) atoms. The summed E-state index contributed by atoms with van der Waals surface area (Å²) >= 11 is 0. The van der Waals surface area contributed by atoms with Gasteiger partial charge in [-0.05, 0) is 0 Å². The zero-order valence-corrected chi connectivity index (χ0v) is 15.1. The molecule has 0 unspecified atom stereocenters. The Morgan fingerprint density at radius 1 is 1.11 bits per heavy atom. The van der Waals surface area contributed by atoms with E-state index in [1.54, 1.807) is 6.07 Å². The number of nitro groups is 1. The molecule has 1 aromatic heterocycles. The topological polar surface area (TPSA) is 114 Å². The van der Waals surface area contributed by atoms with E-state index < -0.39 is 16.6 Å². The van der Waals surface area contributed by atoms with Gasteiger partial charge in [-0.25, -0.2) is 4.79 Å². The summed E-state index contributed by atoms with van der Waals surface area (Å²) in [5.74, 6) is -0.291. The lowest BCUT2D eigenvalue weighted by molar-refractivity contribution is -0.385. The van der Waals surface area contributed by atoms with Crippen molar-refractivity contribution < 1.29 is 28.5 Å². The van der Waals surface area contributed by atoms with E-state index in [2.05, 4.69) is 5.16 Å². The van der Waals surface area contributed by atoms with Crippen molar-refractivity contribution in [1.82, 2.24) is 5.16 Å². The van der Waals surface area contributed by atoms with Crippen LogP contribution in [-0.4, -0.2) is 30.3 Å². The first-order valence-corrected chi connectivity index (χ1v) is 8.12. The van der Waals surface area contributed by atoms with Crippen molar-refractivity contribution in [3.8, 4) is 22.8 Å². The minimum Gasteiger partial charge on any atom is -0.493 e. The number of nitro benzene ring substituents is 1. The first kappa shape index (κ1) is 18.9. The highest BCUT2D eigenvalue weighted by molar-refractivity contribution is 5.95. The smallest absolute Gasteiger partial charge is 0.345 e. The summed E-state index contributed by atoms with van der Waals surface area (Å²) in [6.45, 7) is -0.232. The van der Waals surface area contributed by atoms with Gasteiger partial charge in [0.25, 0.3) is 5.69 Å². The van der Waals surface area contributed by atoms with Gasteiger partial charge in [0, 0.05) is 17.7 Å². The number of esters is 1. The van der Waals surface area contributed by atoms with Crippen molar-refractivity contribution in [2.24, 2.45) is 0 Å². The molecule has 0 aliphatic carbocycles. The lowest BCUT2D eigenvalue weighted by atomic mass is 10.1. The molecular weight excluding hydrogens is 368 g/mol. The molecule has 0 bridgehead atoms. The summed E-state index contributed by atoms with van der Waals surface area (Å²) in [5, 5.41) is 15.2. The van der Waals surface area contributed by atoms with Crippen molar-refractivity contribution in [3.63, 3.8) is 0 Å². The van der Waals surface area contributed by atoms with E-state index in [1.807, 2.05) is 30.3 Å². The average molecular weight is 384 g/mol. The average Bonchev–Trinajstić information content (AvgIpc) is 3.20. The number of carbonyl (C=O) groups excluding carboxylic acids is 1. The molecule has 0 N–H and O–H groups in total. The number of hydrogen-bond acceptors (Lipinski definition) is 8. The standard InChI is InChI=1S/C19H16N2O7/c1-25-17-9-14(16(21(23)24)10-18(17)26-2)19(22)27-11-13-8-15(20-28-13)12-6-4-3-5-7-12/h3-10H,11H2,1-2H3. The van der Waals surface area contributed by atoms with E-state index in [4.69, 9.17) is 18.7 Å². The lowest BCUT2D eigenvalue weighted by Crippen LogP contribution is -2.09. The number of ether oxygens (including phenoxy) is 3. The molecule has 9 heteroatoms. The van der Waals surface area contributed by atoms with Crippen LogP contribution >= 0.6 is 0 Å². The maximum absolute atomic E-state index is 12.4. The molecule has 3 aromatic rings. The number of carbonyl (C=O) groups is 1. The van der Waals surface area contributed by atoms with E-state index in [1.165, 1.54) is 20.3 Å². The summed E-state index contributed by atoms with van der Waals surface area (Å²) in [6.07, 6.45) is 0. The number of methoxy groups -OCH3 is 2. The van der Waals surface area contributed by atoms with Crippen LogP contribution in [0.2, 0.25) is 0 Å². The van der Waals surface area contributed by atoms with Crippen LogP contribution in [0, 0.1) is 10.1 Å². The third-order valence-electron chi connectivity index (χ3n) is 3.89. The molecule has 0 spiro atoms. The summed E-state index contributed by atoms with van der Waals surface area (Å²) in [6, 6.07) is 13.3. The molecule has 0 radical (unpaired) electrons. The van der Waals surface area contributed by atoms with Crippen molar-refractivity contribution in [1.29, 1.82) is 0 Å². The highest BCUT2D eigenvalue weighted by atomic mass is 16.6. The molecule has 9 nitrogen and oxygen atoms in total. The maximum Gasteiger partial charge on any atom is 0.345 e. The van der Waals surface area contributed by atoms with Gasteiger partial charge in [0.2, 0.25) is 0 Å². The Balaban J connectivity index is 1.78. The van der Waals surface area contributed by atoms with E-state index in [-0.39, 0.29) is 23.7 Å². The van der Waals surface area contributed by atoms with Gasteiger partial charge in [-0.15, -0.1) is 0 Å². The molecule has 3 rings (SSSR count). The van der Waals surface area contributed by atoms with Gasteiger partial charge in [0.1, 0.15) is 11.3 Å². The van der Waals surface area contributed by atoms with Gasteiger partial charge in [0.05, 0.1) is 25.2 Å². The van der Waals surface area contributed by atoms with Gasteiger partial charge in [-0.1, -0.05) is 35.5 Å². The fraction of sp³-hybridized carbons (Fsp3) is 0.158. The molecule has 0 saturated carbocycles. The van der Waals surface area contributed by atoms with Crippen LogP contribution in [-0.2, 0) is 11.3 Å². The lowest BCUT2D eigenvalue weighted by Gasteiger charge is -2.10. The van der Waals surface area contributed by atoms with Crippen LogP contribution in [0.1, 0.15) is 16.1 Å². The molecule has 0 amide bonds. The number of hydrogen-bond donors (Lipinski definition) is 0. The second-order valence-corrected chi connectivity index (χ2v) is 5.60. The molecule has 1 heterocycles. The summed E-state index contributed by atoms with van der Waals surface area (Å²) in [4.78, 5) is 23.0. The Morgan fingerprint density at radius 2 is 1.79 bits per heavy atom. The zero-order valence-electron chi connectivity index (χ0n) is 15.1. The minimum absolute atomic E-state index is 0.133. The predicted molar refractivity (Wildman–Crippen MR) is 97.3 cm³/mol. The normalized spacial score (nSPS) is 10.4. The molecule has 144 valence electrons. The number of nitrogens with zero attached hydrogens (tertiary/aromatic N) is 2. The van der Waals surface area contributed by atoms with Crippen LogP contribution in [0.25, 0.3) is 11.3 Å². The Morgan fingerprint density at radius 3 is 2.43 bits per heavy atom. The molecule has 0 aliphatic heterocycles. The second kappa shape index (κ2) is 8.21. The quantitative estimate of drug-likeness (QED) is 0.345. The fourth-order valence-corrected chi connectivity index (χ4v) is 2.52. The summed E-state index contributed by atoms with van der Waals surface area (Å²) in [5.41, 5.74) is 0.721. The van der Waals surface area contributed by atoms with Crippen LogP contribution in [0.15, 0.2) is 53.1 Å². The van der Waals surface area contributed by atoms with E-state index in [9.17, 15) is 14.9 Å². The Hall–Kier alpha value is -3.88. The first-order valence-electron chi connectivity index (χ1n) is 8.12. The van der Waals surface area contributed by atoms with E-state index in [0.717, 1.165) is 11.6 Å². The predicted octanol–water partition coefficient (Wildman–Crippen LogP) is 3.62. The van der Waals surface area contributed by atoms with Crippen LogP contribution in [0.5, 0.6) is 11.5 Å². The van der Waals surface area contributed by atoms with Gasteiger partial charge in [-0.3, -0.25) is 10.1 Å². The van der Waals surface area contributed by atoms with Crippen LogP contribution in [0.4, 0.5) is 5.69 Å². The van der Waals surface area contributed by atoms with Gasteiger partial charge in [0.15, 0.2) is 23.9 Å². The second-order valence-electron chi connectivity index (χ2n) is 5.60. The van der Waals surface area contributed by atoms with Crippen molar-refractivity contribution in [2.45, 2.75) is 6.61 Å². The first-order chi connectivity index (χ1) is 13.5. The number of rotatable bonds is 7. The minimum atomic E-state index is -0.898. The largest absolute Gasteiger partial charge is 0.493 e.